The number of imidazole rings is 1. The number of nitro groups is 1. The fraction of sp³-hybridized carbons (Fsp3) is 0.333. The van der Waals surface area contributed by atoms with Crippen LogP contribution >= 0.6 is 7.60 Å². The van der Waals surface area contributed by atoms with E-state index in [1.807, 2.05) is 43.3 Å². The van der Waals surface area contributed by atoms with Crippen LogP contribution in [0.5, 0.6) is 0 Å². The first kappa shape index (κ1) is 33.6. The van der Waals surface area contributed by atoms with Crippen molar-refractivity contribution in [3.63, 3.8) is 0 Å². The van der Waals surface area contributed by atoms with E-state index in [2.05, 4.69) is 25.2 Å². The molecule has 1 amide bonds. The molecule has 1 fully saturated rings. The molecule has 1 aliphatic rings. The Kier molecular flexibility index (Phi) is 10.3. The first-order valence-electron chi connectivity index (χ1n) is 14.8. The van der Waals surface area contributed by atoms with Gasteiger partial charge < -0.3 is 35.6 Å². The van der Waals surface area contributed by atoms with Crippen LogP contribution in [0.15, 0.2) is 61.2 Å². The van der Waals surface area contributed by atoms with E-state index in [-0.39, 0.29) is 35.6 Å². The smallest absolute Gasteiger partial charge is 0.325 e. The molecular weight excluding hydrogens is 631 g/mol. The van der Waals surface area contributed by atoms with Gasteiger partial charge in [-0.3, -0.25) is 24.0 Å². The van der Waals surface area contributed by atoms with Gasteiger partial charge in [-0.15, -0.1) is 0 Å². The number of nitrogens with two attached hydrogens (primary N) is 1. The van der Waals surface area contributed by atoms with E-state index in [1.54, 1.807) is 12.1 Å². The predicted molar refractivity (Wildman–Crippen MR) is 174 cm³/mol. The number of nitrogens with one attached hydrogen (secondary N) is 1. The summed E-state index contributed by atoms with van der Waals surface area (Å²) >= 11 is 0. The maximum atomic E-state index is 13.4. The van der Waals surface area contributed by atoms with Crippen LogP contribution in [-0.2, 0) is 14.1 Å². The lowest BCUT2D eigenvalue weighted by Gasteiger charge is -2.24. The molecular formula is C30H35N8O8P. The maximum Gasteiger partial charge on any atom is 0.325 e. The molecule has 248 valence electrons. The van der Waals surface area contributed by atoms with Crippen LogP contribution in [0.1, 0.15) is 30.7 Å². The number of carbonyl (C=O) groups is 1. The molecule has 1 saturated heterocycles. The Labute approximate surface area is 269 Å². The molecule has 2 aromatic heterocycles. The minimum Gasteiger partial charge on any atom is -0.388 e. The number of benzene rings is 2. The summed E-state index contributed by atoms with van der Waals surface area (Å²) in [6, 6.07) is 14.0. The van der Waals surface area contributed by atoms with Gasteiger partial charge in [-0.25, -0.2) is 15.0 Å². The number of amides is 1. The van der Waals surface area contributed by atoms with Gasteiger partial charge in [0, 0.05) is 43.4 Å². The lowest BCUT2D eigenvalue weighted by atomic mass is 9.94. The van der Waals surface area contributed by atoms with Gasteiger partial charge in [-0.2, -0.15) is 0 Å². The number of rotatable bonds is 13. The number of likely N-dealkylation sites (N-methyl/N-ethyl adjacent to an activating group) is 1. The molecule has 6 N–H and O–H groups in total. The molecule has 0 saturated carbocycles. The van der Waals surface area contributed by atoms with Crippen molar-refractivity contribution in [3.05, 3.63) is 82.4 Å². The number of aromatic nitrogens is 4. The molecule has 0 radical (unpaired) electrons. The summed E-state index contributed by atoms with van der Waals surface area (Å²) in [4.78, 5) is 57.1. The second-order valence-corrected chi connectivity index (χ2v) is 12.8. The standard InChI is InChI=1S/C30H35N8O8P/c1-2-36(21-9-5-19(6-10-21)3-4-20-7-11-22(12-8-20)38(41)42)15-14-32-29(40)26-23(13-16-47(43,44)45)25(39)30(46-26)37-18-35-24-27(31)33-17-34-28(24)37/h3-12,17-18,23,25-26,30,39H,2,13-16H2,1H3,(H,32,40)(H2,31,33,34)(H2,43,44,45)/b4-3+/t23-,25+,26-,30+/m0/s1. The molecule has 0 aliphatic carbocycles. The summed E-state index contributed by atoms with van der Waals surface area (Å²) in [5, 5.41) is 24.9. The summed E-state index contributed by atoms with van der Waals surface area (Å²) in [7, 11) is -4.42. The molecule has 2 aromatic carbocycles. The average Bonchev–Trinajstić information content (AvgIpc) is 3.62. The van der Waals surface area contributed by atoms with E-state index >= 15 is 0 Å². The molecule has 1 aliphatic heterocycles. The summed E-state index contributed by atoms with van der Waals surface area (Å²) in [5.41, 5.74) is 9.17. The number of non-ortho nitro benzene ring substituents is 1. The minimum absolute atomic E-state index is 0.0318. The van der Waals surface area contributed by atoms with Gasteiger partial charge in [0.1, 0.15) is 24.1 Å². The number of anilines is 2. The zero-order valence-corrected chi connectivity index (χ0v) is 26.3. The summed E-state index contributed by atoms with van der Waals surface area (Å²) in [6.45, 7) is 3.32. The summed E-state index contributed by atoms with van der Waals surface area (Å²) < 4.78 is 19.1. The SMILES string of the molecule is CCN(CCNC(=O)[C@H]1O[C@@H](n2cnc3c(N)ncnc32)[C@H](O)[C@@H]1CCP(=O)(O)O)c1ccc(/C=C/c2ccc([N+](=O)[O-])cc2)cc1. The molecule has 17 heteroatoms. The van der Waals surface area contributed by atoms with Crippen molar-refractivity contribution in [1.29, 1.82) is 0 Å². The Hall–Kier alpha value is -4.73. The third-order valence-corrected chi connectivity index (χ3v) is 8.81. The van der Waals surface area contributed by atoms with Crippen molar-refractivity contribution in [1.82, 2.24) is 24.8 Å². The van der Waals surface area contributed by atoms with Crippen LogP contribution < -0.4 is 16.0 Å². The van der Waals surface area contributed by atoms with E-state index in [4.69, 9.17) is 10.5 Å². The van der Waals surface area contributed by atoms with Gasteiger partial charge >= 0.3 is 7.60 Å². The number of fused-ring (bicyclic) bond motifs is 1. The maximum absolute atomic E-state index is 13.4. The van der Waals surface area contributed by atoms with Crippen molar-refractivity contribution in [3.8, 4) is 0 Å². The highest BCUT2D eigenvalue weighted by atomic mass is 31.2. The number of aliphatic hydroxyl groups is 1. The van der Waals surface area contributed by atoms with Crippen LogP contribution in [0.4, 0.5) is 17.2 Å². The molecule has 0 spiro atoms. The van der Waals surface area contributed by atoms with E-state index in [0.29, 0.717) is 13.1 Å². The van der Waals surface area contributed by atoms with Gasteiger partial charge in [0.15, 0.2) is 17.7 Å². The second-order valence-electron chi connectivity index (χ2n) is 11.0. The Morgan fingerprint density at radius 3 is 2.40 bits per heavy atom. The molecule has 5 rings (SSSR count). The Morgan fingerprint density at radius 1 is 1.13 bits per heavy atom. The van der Waals surface area contributed by atoms with Crippen molar-refractivity contribution in [2.75, 3.05) is 36.4 Å². The fourth-order valence-electron chi connectivity index (χ4n) is 5.48. The van der Waals surface area contributed by atoms with E-state index in [9.17, 15) is 34.4 Å². The highest BCUT2D eigenvalue weighted by Gasteiger charge is 2.48. The van der Waals surface area contributed by atoms with E-state index < -0.39 is 48.9 Å². The number of aliphatic hydroxyl groups excluding tert-OH is 1. The van der Waals surface area contributed by atoms with Crippen molar-refractivity contribution in [2.24, 2.45) is 5.92 Å². The number of nitrogen functional groups attached to an aromatic ring is 1. The third-order valence-electron chi connectivity index (χ3n) is 7.97. The monoisotopic (exact) mass is 666 g/mol. The fourth-order valence-corrected chi connectivity index (χ4v) is 6.12. The van der Waals surface area contributed by atoms with Crippen LogP contribution in [0.25, 0.3) is 23.3 Å². The molecule has 0 bridgehead atoms. The predicted octanol–water partition coefficient (Wildman–Crippen LogP) is 2.57. The Bertz CT molecular complexity index is 1790. The molecule has 3 heterocycles. The van der Waals surface area contributed by atoms with Gasteiger partial charge in [0.2, 0.25) is 5.91 Å². The quantitative estimate of drug-likeness (QED) is 0.0598. The molecule has 47 heavy (non-hydrogen) atoms. The zero-order valence-electron chi connectivity index (χ0n) is 25.4. The first-order valence-corrected chi connectivity index (χ1v) is 16.6. The van der Waals surface area contributed by atoms with Crippen LogP contribution in [0, 0.1) is 16.0 Å². The van der Waals surface area contributed by atoms with Gasteiger partial charge in [0.25, 0.3) is 5.69 Å². The topological polar surface area (TPSA) is 232 Å². The van der Waals surface area contributed by atoms with Crippen molar-refractivity contribution < 1.29 is 33.9 Å². The lowest BCUT2D eigenvalue weighted by molar-refractivity contribution is -0.384. The van der Waals surface area contributed by atoms with Crippen molar-refractivity contribution >= 4 is 54.0 Å². The van der Waals surface area contributed by atoms with E-state index in [1.165, 1.54) is 29.4 Å². The van der Waals surface area contributed by atoms with Crippen LogP contribution in [0.3, 0.4) is 0 Å². The first-order chi connectivity index (χ1) is 22.4. The number of carbonyl (C=O) groups excluding carboxylic acids is 1. The van der Waals surface area contributed by atoms with Crippen molar-refractivity contribution in [2.45, 2.75) is 31.8 Å². The van der Waals surface area contributed by atoms with Gasteiger partial charge in [-0.05, 0) is 48.7 Å². The summed E-state index contributed by atoms with van der Waals surface area (Å²) in [5.74, 6) is -1.32. The largest absolute Gasteiger partial charge is 0.388 e. The number of nitrogens with zero attached hydrogens (tertiary/aromatic N) is 6. The number of nitro benzene ring substituents is 1. The second kappa shape index (κ2) is 14.4. The Morgan fingerprint density at radius 2 is 1.79 bits per heavy atom. The lowest BCUT2D eigenvalue weighted by Crippen LogP contribution is -2.43. The number of hydrogen-bond donors (Lipinski definition) is 5. The van der Waals surface area contributed by atoms with Crippen LogP contribution in [0.2, 0.25) is 0 Å². The Balaban J connectivity index is 1.22. The molecule has 4 aromatic rings. The van der Waals surface area contributed by atoms with E-state index in [0.717, 1.165) is 16.8 Å². The van der Waals surface area contributed by atoms with Gasteiger partial charge in [-0.1, -0.05) is 24.3 Å². The average molecular weight is 667 g/mol. The van der Waals surface area contributed by atoms with Gasteiger partial charge in [0.05, 0.1) is 17.4 Å². The normalized spacial score (nSPS) is 19.7. The number of hydrogen-bond acceptors (Lipinski definition) is 11. The molecule has 4 atom stereocenters. The third kappa shape index (κ3) is 7.99. The highest BCUT2D eigenvalue weighted by molar-refractivity contribution is 7.51. The number of ether oxygens (including phenoxy) is 1. The summed E-state index contributed by atoms with van der Waals surface area (Å²) in [6.07, 6.45) is 2.07. The van der Waals surface area contributed by atoms with Crippen LogP contribution in [-0.4, -0.2) is 83.2 Å². The molecule has 16 nitrogen and oxygen atoms in total. The molecule has 0 unspecified atom stereocenters. The highest BCUT2D eigenvalue weighted by Crippen LogP contribution is 2.42. The zero-order chi connectivity index (χ0) is 33.7. The minimum atomic E-state index is -4.42.